The largest absolute Gasteiger partial charge is 0.350 e. The first-order chi connectivity index (χ1) is 18.9. The van der Waals surface area contributed by atoms with Crippen LogP contribution >= 0.6 is 11.8 Å². The highest BCUT2D eigenvalue weighted by Crippen LogP contribution is 2.38. The van der Waals surface area contributed by atoms with Crippen LogP contribution in [0.5, 0.6) is 0 Å². The van der Waals surface area contributed by atoms with E-state index in [2.05, 4.69) is 34.3 Å². The van der Waals surface area contributed by atoms with Gasteiger partial charge in [0, 0.05) is 38.0 Å². The highest BCUT2D eigenvalue weighted by Gasteiger charge is 2.26. The molecule has 9 nitrogen and oxygen atoms in total. The normalized spacial score (nSPS) is 15.9. The number of nitrogens with two attached hydrogens (primary N) is 3. The van der Waals surface area contributed by atoms with E-state index in [1.807, 2.05) is 54.2 Å². The van der Waals surface area contributed by atoms with E-state index in [4.69, 9.17) is 17.2 Å². The number of carbonyl (C=O) groups is 3. The summed E-state index contributed by atoms with van der Waals surface area (Å²) < 4.78 is 0. The van der Waals surface area contributed by atoms with Crippen molar-refractivity contribution in [2.45, 2.75) is 49.6 Å². The number of carbonyl (C=O) groups excluding carboxylic acids is 3. The van der Waals surface area contributed by atoms with Gasteiger partial charge >= 0.3 is 0 Å². The second kappa shape index (κ2) is 16.0. The molecular formula is C29H40N6O3S. The third-order valence-corrected chi connectivity index (χ3v) is 7.73. The van der Waals surface area contributed by atoms with Gasteiger partial charge in [0.1, 0.15) is 6.04 Å². The Labute approximate surface area is 234 Å². The van der Waals surface area contributed by atoms with Crippen LogP contribution < -0.4 is 27.8 Å². The first-order valence-electron chi connectivity index (χ1n) is 13.4. The second-order valence-corrected chi connectivity index (χ2v) is 10.7. The van der Waals surface area contributed by atoms with Gasteiger partial charge in [0.15, 0.2) is 0 Å². The SMILES string of the molecule is NCCN(CCN)C(=O)C[C@H](N)C(=O)N[C@@H](CCc1ccccc1)C(=O)NCc1ccc(C2CC=CS2)cc1. The van der Waals surface area contributed by atoms with Gasteiger partial charge in [-0.25, -0.2) is 0 Å². The van der Waals surface area contributed by atoms with E-state index in [9.17, 15) is 14.4 Å². The average Bonchev–Trinajstić information content (AvgIpc) is 3.49. The molecule has 1 unspecified atom stereocenters. The smallest absolute Gasteiger partial charge is 0.242 e. The van der Waals surface area contributed by atoms with Crippen molar-refractivity contribution in [1.82, 2.24) is 15.5 Å². The van der Waals surface area contributed by atoms with Gasteiger partial charge in [-0.1, -0.05) is 60.7 Å². The van der Waals surface area contributed by atoms with Crippen molar-refractivity contribution >= 4 is 29.5 Å². The fourth-order valence-electron chi connectivity index (χ4n) is 4.35. The van der Waals surface area contributed by atoms with Gasteiger partial charge in [-0.15, -0.1) is 11.8 Å². The lowest BCUT2D eigenvalue weighted by Crippen LogP contribution is -2.53. The summed E-state index contributed by atoms with van der Waals surface area (Å²) in [6.07, 6.45) is 3.98. The lowest BCUT2D eigenvalue weighted by molar-refractivity contribution is -0.135. The van der Waals surface area contributed by atoms with Crippen molar-refractivity contribution in [3.05, 3.63) is 82.8 Å². The third-order valence-electron chi connectivity index (χ3n) is 6.59. The van der Waals surface area contributed by atoms with Crippen LogP contribution in [0.4, 0.5) is 0 Å². The van der Waals surface area contributed by atoms with E-state index < -0.39 is 18.0 Å². The first kappa shape index (κ1) is 30.4. The van der Waals surface area contributed by atoms with Gasteiger partial charge in [-0.2, -0.15) is 0 Å². The summed E-state index contributed by atoms with van der Waals surface area (Å²) in [6, 6.07) is 16.1. The van der Waals surface area contributed by atoms with Gasteiger partial charge in [0.25, 0.3) is 0 Å². The van der Waals surface area contributed by atoms with Crippen molar-refractivity contribution in [1.29, 1.82) is 0 Å². The molecule has 2 aromatic carbocycles. The van der Waals surface area contributed by atoms with E-state index in [-0.39, 0.29) is 31.3 Å². The van der Waals surface area contributed by atoms with Crippen LogP contribution in [-0.4, -0.2) is 60.9 Å². The number of hydrogen-bond acceptors (Lipinski definition) is 7. The number of nitrogens with zero attached hydrogens (tertiary/aromatic N) is 1. The van der Waals surface area contributed by atoms with E-state index >= 15 is 0 Å². The Bertz CT molecular complexity index is 1080. The number of aryl methyl sites for hydroxylation is 1. The van der Waals surface area contributed by atoms with Crippen molar-refractivity contribution < 1.29 is 14.4 Å². The van der Waals surface area contributed by atoms with Crippen molar-refractivity contribution in [2.75, 3.05) is 26.2 Å². The third kappa shape index (κ3) is 9.81. The van der Waals surface area contributed by atoms with Crippen LogP contribution in [0.25, 0.3) is 0 Å². The fraction of sp³-hybridized carbons (Fsp3) is 0.414. The lowest BCUT2D eigenvalue weighted by atomic mass is 10.0. The summed E-state index contributed by atoms with van der Waals surface area (Å²) in [6.45, 7) is 1.58. The Kier molecular flexibility index (Phi) is 12.5. The molecule has 3 amide bonds. The average molecular weight is 553 g/mol. The summed E-state index contributed by atoms with van der Waals surface area (Å²) in [7, 11) is 0. The Hall–Kier alpha value is -3.18. The van der Waals surface area contributed by atoms with Gasteiger partial charge < -0.3 is 32.7 Å². The van der Waals surface area contributed by atoms with Crippen molar-refractivity contribution in [3.63, 3.8) is 0 Å². The zero-order chi connectivity index (χ0) is 28.0. The summed E-state index contributed by atoms with van der Waals surface area (Å²) >= 11 is 1.81. The number of amides is 3. The van der Waals surface area contributed by atoms with Gasteiger partial charge in [-0.05, 0) is 41.4 Å². The maximum Gasteiger partial charge on any atom is 0.242 e. The molecule has 0 saturated heterocycles. The molecule has 0 radical (unpaired) electrons. The predicted octanol–water partition coefficient (Wildman–Crippen LogP) is 1.58. The van der Waals surface area contributed by atoms with Crippen molar-refractivity contribution in [3.8, 4) is 0 Å². The fourth-order valence-corrected chi connectivity index (χ4v) is 5.30. The quantitative estimate of drug-likeness (QED) is 0.224. The highest BCUT2D eigenvalue weighted by atomic mass is 32.2. The monoisotopic (exact) mass is 552 g/mol. The van der Waals surface area contributed by atoms with Gasteiger partial charge in [0.05, 0.1) is 12.5 Å². The van der Waals surface area contributed by atoms with E-state index in [1.165, 1.54) is 10.5 Å². The van der Waals surface area contributed by atoms with Crippen LogP contribution in [0.15, 0.2) is 66.1 Å². The highest BCUT2D eigenvalue weighted by molar-refractivity contribution is 8.02. The molecule has 0 bridgehead atoms. The van der Waals surface area contributed by atoms with Crippen LogP contribution in [0.1, 0.15) is 41.2 Å². The molecule has 8 N–H and O–H groups in total. The predicted molar refractivity (Wildman–Crippen MR) is 156 cm³/mol. The minimum atomic E-state index is -1.10. The number of thioether (sulfide) groups is 1. The minimum absolute atomic E-state index is 0.194. The first-order valence-corrected chi connectivity index (χ1v) is 14.3. The van der Waals surface area contributed by atoms with Crippen LogP contribution in [-0.2, 0) is 27.3 Å². The van der Waals surface area contributed by atoms with Crippen LogP contribution in [0.3, 0.4) is 0 Å². The summed E-state index contributed by atoms with van der Waals surface area (Å²) in [5.74, 6) is -1.15. The molecule has 0 spiro atoms. The van der Waals surface area contributed by atoms with Crippen molar-refractivity contribution in [2.24, 2.45) is 17.2 Å². The molecule has 210 valence electrons. The Morgan fingerprint density at radius 1 is 0.949 bits per heavy atom. The minimum Gasteiger partial charge on any atom is -0.350 e. The summed E-state index contributed by atoms with van der Waals surface area (Å²) in [5.41, 5.74) is 20.5. The van der Waals surface area contributed by atoms with Crippen LogP contribution in [0.2, 0.25) is 0 Å². The zero-order valence-electron chi connectivity index (χ0n) is 22.3. The molecular weight excluding hydrogens is 512 g/mol. The molecule has 1 aliphatic heterocycles. The van der Waals surface area contributed by atoms with Gasteiger partial charge in [0.2, 0.25) is 17.7 Å². The molecule has 1 aliphatic rings. The van der Waals surface area contributed by atoms with Crippen LogP contribution in [0, 0.1) is 0 Å². The molecule has 0 saturated carbocycles. The molecule has 39 heavy (non-hydrogen) atoms. The van der Waals surface area contributed by atoms with E-state index in [0.717, 1.165) is 17.5 Å². The topological polar surface area (TPSA) is 157 Å². The van der Waals surface area contributed by atoms with E-state index in [1.54, 1.807) is 0 Å². The number of rotatable bonds is 15. The molecule has 0 aromatic heterocycles. The number of benzene rings is 2. The number of nitrogens with one attached hydrogen (secondary N) is 2. The molecule has 3 atom stereocenters. The number of allylic oxidation sites excluding steroid dienone is 1. The standard InChI is InChI=1S/C29H40N6O3S/c30-14-16-35(17-15-31)27(36)19-24(32)28(37)34-25(13-10-21-5-2-1-3-6-21)29(38)33-20-22-8-11-23(12-9-22)26-7-4-18-39-26/h1-6,8-9,11-12,18,24-26H,7,10,13-17,19-20,30-32H2,(H,33,38)(H,34,37)/t24-,25-,26?/m0/s1. The lowest BCUT2D eigenvalue weighted by Gasteiger charge is -2.24. The molecule has 0 fully saturated rings. The van der Waals surface area contributed by atoms with Gasteiger partial charge in [-0.3, -0.25) is 14.4 Å². The summed E-state index contributed by atoms with van der Waals surface area (Å²) in [5, 5.41) is 8.29. The molecule has 10 heteroatoms. The molecule has 3 rings (SSSR count). The summed E-state index contributed by atoms with van der Waals surface area (Å²) in [4.78, 5) is 40.2. The Balaban J connectivity index is 1.60. The molecule has 1 heterocycles. The number of hydrogen-bond donors (Lipinski definition) is 5. The maximum absolute atomic E-state index is 13.2. The van der Waals surface area contributed by atoms with E-state index in [0.29, 0.717) is 37.7 Å². The zero-order valence-corrected chi connectivity index (χ0v) is 23.1. The Morgan fingerprint density at radius 2 is 1.64 bits per heavy atom. The molecule has 0 aliphatic carbocycles. The molecule has 2 aromatic rings. The second-order valence-electron chi connectivity index (χ2n) is 9.55. The maximum atomic E-state index is 13.2. The Morgan fingerprint density at radius 3 is 2.26 bits per heavy atom.